The average Bonchev–Trinajstić information content (AvgIpc) is 2.27. The number of hydrogen-bond donors (Lipinski definition) is 2. The van der Waals surface area contributed by atoms with E-state index in [1.807, 2.05) is 6.92 Å². The molecular formula is C10H13ClN2O3. The predicted octanol–water partition coefficient (Wildman–Crippen LogP) is 1.88. The summed E-state index contributed by atoms with van der Waals surface area (Å²) in [5, 5.41) is 11.9. The number of rotatable bonds is 5. The molecule has 0 aliphatic rings. The molecule has 16 heavy (non-hydrogen) atoms. The monoisotopic (exact) mass is 244 g/mol. The second-order valence-electron chi connectivity index (χ2n) is 3.26. The zero-order valence-corrected chi connectivity index (χ0v) is 9.78. The van der Waals surface area contributed by atoms with Crippen LogP contribution in [0, 0.1) is 0 Å². The molecule has 0 aromatic carbocycles. The van der Waals surface area contributed by atoms with Crippen molar-refractivity contribution >= 4 is 23.4 Å². The summed E-state index contributed by atoms with van der Waals surface area (Å²) in [7, 11) is 1.60. The maximum atomic E-state index is 10.8. The van der Waals surface area contributed by atoms with Gasteiger partial charge in [-0.05, 0) is 19.1 Å². The standard InChI is InChI=1S/C10H13ClN2O3/c1-6(16-2)5-12-8-4-3-7(11)9(13-8)10(14)15/h3-4,6H,5H2,1-2H3,(H,12,13)(H,14,15). The van der Waals surface area contributed by atoms with Gasteiger partial charge in [-0.2, -0.15) is 0 Å². The van der Waals surface area contributed by atoms with Crippen LogP contribution in [0.15, 0.2) is 12.1 Å². The molecule has 0 aliphatic carbocycles. The number of halogens is 1. The number of carbonyl (C=O) groups is 1. The number of aromatic carboxylic acids is 1. The molecule has 5 nitrogen and oxygen atoms in total. The zero-order chi connectivity index (χ0) is 12.1. The van der Waals surface area contributed by atoms with E-state index in [4.69, 9.17) is 21.4 Å². The normalized spacial score (nSPS) is 12.2. The summed E-state index contributed by atoms with van der Waals surface area (Å²) in [6.45, 7) is 2.44. The Balaban J connectivity index is 2.75. The quantitative estimate of drug-likeness (QED) is 0.828. The molecule has 1 aromatic heterocycles. The molecule has 1 unspecified atom stereocenters. The van der Waals surface area contributed by atoms with Crippen LogP contribution >= 0.6 is 11.6 Å². The van der Waals surface area contributed by atoms with Crippen molar-refractivity contribution in [1.82, 2.24) is 4.98 Å². The number of nitrogens with one attached hydrogen (secondary N) is 1. The van der Waals surface area contributed by atoms with Crippen molar-refractivity contribution < 1.29 is 14.6 Å². The maximum absolute atomic E-state index is 10.8. The Labute approximate surface area is 98.4 Å². The maximum Gasteiger partial charge on any atom is 0.356 e. The summed E-state index contributed by atoms with van der Waals surface area (Å²) in [5.41, 5.74) is -0.156. The summed E-state index contributed by atoms with van der Waals surface area (Å²) >= 11 is 5.69. The van der Waals surface area contributed by atoms with Crippen molar-refractivity contribution in [2.24, 2.45) is 0 Å². The Bertz CT molecular complexity index is 384. The van der Waals surface area contributed by atoms with Crippen LogP contribution in [0.4, 0.5) is 5.82 Å². The van der Waals surface area contributed by atoms with Crippen molar-refractivity contribution in [2.75, 3.05) is 19.0 Å². The molecule has 1 aromatic rings. The van der Waals surface area contributed by atoms with Gasteiger partial charge in [0.1, 0.15) is 5.82 Å². The number of carboxylic acid groups (broad SMARTS) is 1. The van der Waals surface area contributed by atoms with Gasteiger partial charge in [-0.1, -0.05) is 11.6 Å². The zero-order valence-electron chi connectivity index (χ0n) is 9.03. The van der Waals surface area contributed by atoms with Crippen LogP contribution in [0.5, 0.6) is 0 Å². The molecule has 0 bridgehead atoms. The molecule has 0 spiro atoms. The van der Waals surface area contributed by atoms with Gasteiger partial charge in [0.2, 0.25) is 0 Å². The van der Waals surface area contributed by atoms with Crippen LogP contribution in [0.3, 0.4) is 0 Å². The van der Waals surface area contributed by atoms with Crippen LogP contribution in [-0.4, -0.2) is 35.8 Å². The van der Waals surface area contributed by atoms with E-state index in [1.165, 1.54) is 6.07 Å². The topological polar surface area (TPSA) is 71.5 Å². The van der Waals surface area contributed by atoms with Crippen LogP contribution in [0.25, 0.3) is 0 Å². The van der Waals surface area contributed by atoms with Gasteiger partial charge in [-0.15, -0.1) is 0 Å². The smallest absolute Gasteiger partial charge is 0.356 e. The summed E-state index contributed by atoms with van der Waals surface area (Å²) in [5.74, 6) is -0.681. The lowest BCUT2D eigenvalue weighted by Crippen LogP contribution is -2.19. The number of pyridine rings is 1. The van der Waals surface area contributed by atoms with E-state index in [1.54, 1.807) is 13.2 Å². The highest BCUT2D eigenvalue weighted by molar-refractivity contribution is 6.33. The number of aromatic nitrogens is 1. The number of anilines is 1. The summed E-state index contributed by atoms with van der Waals surface area (Å²) in [4.78, 5) is 14.6. The number of ether oxygens (including phenoxy) is 1. The van der Waals surface area contributed by atoms with Crippen molar-refractivity contribution in [3.8, 4) is 0 Å². The Hall–Kier alpha value is -1.33. The highest BCUT2D eigenvalue weighted by Gasteiger charge is 2.11. The minimum absolute atomic E-state index is 0.0192. The molecule has 2 N–H and O–H groups in total. The van der Waals surface area contributed by atoms with Crippen molar-refractivity contribution in [3.05, 3.63) is 22.8 Å². The molecular weight excluding hydrogens is 232 g/mol. The summed E-state index contributed by atoms with van der Waals surface area (Å²) in [6.07, 6.45) is 0.0192. The first-order valence-corrected chi connectivity index (χ1v) is 5.09. The lowest BCUT2D eigenvalue weighted by Gasteiger charge is -2.11. The molecule has 0 saturated carbocycles. The second kappa shape index (κ2) is 5.67. The van der Waals surface area contributed by atoms with E-state index >= 15 is 0 Å². The third kappa shape index (κ3) is 3.36. The molecule has 1 atom stereocenters. The minimum Gasteiger partial charge on any atom is -0.476 e. The Kier molecular flexibility index (Phi) is 4.52. The van der Waals surface area contributed by atoms with E-state index in [-0.39, 0.29) is 16.8 Å². The minimum atomic E-state index is -1.14. The number of nitrogens with zero attached hydrogens (tertiary/aromatic N) is 1. The van der Waals surface area contributed by atoms with E-state index in [9.17, 15) is 4.79 Å². The molecule has 0 saturated heterocycles. The lowest BCUT2D eigenvalue weighted by atomic mass is 10.3. The highest BCUT2D eigenvalue weighted by atomic mass is 35.5. The van der Waals surface area contributed by atoms with E-state index in [2.05, 4.69) is 10.3 Å². The summed E-state index contributed by atoms with van der Waals surface area (Å²) in [6, 6.07) is 3.12. The Morgan fingerprint density at radius 1 is 1.69 bits per heavy atom. The van der Waals surface area contributed by atoms with Gasteiger partial charge in [0.25, 0.3) is 0 Å². The SMILES string of the molecule is COC(C)CNc1ccc(Cl)c(C(=O)O)n1. The van der Waals surface area contributed by atoms with E-state index in [0.29, 0.717) is 12.4 Å². The van der Waals surface area contributed by atoms with Crippen molar-refractivity contribution in [2.45, 2.75) is 13.0 Å². The second-order valence-corrected chi connectivity index (χ2v) is 3.67. The highest BCUT2D eigenvalue weighted by Crippen LogP contribution is 2.16. The van der Waals surface area contributed by atoms with Crippen molar-refractivity contribution in [3.63, 3.8) is 0 Å². The van der Waals surface area contributed by atoms with Gasteiger partial charge in [0.15, 0.2) is 5.69 Å². The van der Waals surface area contributed by atoms with E-state index < -0.39 is 5.97 Å². The van der Waals surface area contributed by atoms with Gasteiger partial charge < -0.3 is 15.2 Å². The fourth-order valence-corrected chi connectivity index (χ4v) is 1.21. The van der Waals surface area contributed by atoms with Gasteiger partial charge in [-0.25, -0.2) is 9.78 Å². The number of carboxylic acids is 1. The molecule has 0 amide bonds. The fraction of sp³-hybridized carbons (Fsp3) is 0.400. The molecule has 88 valence electrons. The van der Waals surface area contributed by atoms with Gasteiger partial charge >= 0.3 is 5.97 Å². The first kappa shape index (κ1) is 12.7. The molecule has 0 aliphatic heterocycles. The Morgan fingerprint density at radius 2 is 2.38 bits per heavy atom. The number of hydrogen-bond acceptors (Lipinski definition) is 4. The largest absolute Gasteiger partial charge is 0.476 e. The lowest BCUT2D eigenvalue weighted by molar-refractivity contribution is 0.0691. The number of methoxy groups -OCH3 is 1. The summed E-state index contributed by atoms with van der Waals surface area (Å²) < 4.78 is 5.04. The van der Waals surface area contributed by atoms with Gasteiger partial charge in [0, 0.05) is 13.7 Å². The Morgan fingerprint density at radius 3 is 2.94 bits per heavy atom. The van der Waals surface area contributed by atoms with Crippen LogP contribution < -0.4 is 5.32 Å². The van der Waals surface area contributed by atoms with Crippen LogP contribution in [0.2, 0.25) is 5.02 Å². The van der Waals surface area contributed by atoms with Gasteiger partial charge in [-0.3, -0.25) is 0 Å². The van der Waals surface area contributed by atoms with Crippen LogP contribution in [-0.2, 0) is 4.74 Å². The molecule has 1 heterocycles. The molecule has 1 rings (SSSR count). The predicted molar refractivity (Wildman–Crippen MR) is 61.2 cm³/mol. The first-order chi connectivity index (χ1) is 7.54. The van der Waals surface area contributed by atoms with Crippen molar-refractivity contribution in [1.29, 1.82) is 0 Å². The molecule has 6 heteroatoms. The van der Waals surface area contributed by atoms with Crippen LogP contribution in [0.1, 0.15) is 17.4 Å². The average molecular weight is 245 g/mol. The molecule has 0 radical (unpaired) electrons. The third-order valence-electron chi connectivity index (χ3n) is 2.02. The first-order valence-electron chi connectivity index (χ1n) is 4.71. The van der Waals surface area contributed by atoms with Gasteiger partial charge in [0.05, 0.1) is 11.1 Å². The third-order valence-corrected chi connectivity index (χ3v) is 2.33. The fourth-order valence-electron chi connectivity index (χ4n) is 1.02. The molecule has 0 fully saturated rings. The van der Waals surface area contributed by atoms with E-state index in [0.717, 1.165) is 0 Å².